The number of carbonyl (C=O) groups is 1. The predicted octanol–water partition coefficient (Wildman–Crippen LogP) is 9.34. The summed E-state index contributed by atoms with van der Waals surface area (Å²) >= 11 is 0. The Kier molecular flexibility index (Phi) is 34.2. The van der Waals surface area contributed by atoms with Gasteiger partial charge in [-0.05, 0) is 19.3 Å². The SMILES string of the molecule is CCCCCCCCCCCCCCCCCC/C=C/C(O)C(COC1OC(CO)C(O)C(O)C1O)NC(=O)CCCCCCCCCCCCCCC. The van der Waals surface area contributed by atoms with Crippen LogP contribution in [0.2, 0.25) is 0 Å². The van der Waals surface area contributed by atoms with E-state index < -0.39 is 49.5 Å². The van der Waals surface area contributed by atoms with Crippen molar-refractivity contribution in [3.63, 3.8) is 0 Å². The number of unbranched alkanes of at least 4 members (excludes halogenated alkanes) is 28. The first-order valence-corrected chi connectivity index (χ1v) is 22.9. The van der Waals surface area contributed by atoms with E-state index in [9.17, 15) is 30.3 Å². The number of carbonyl (C=O) groups excluding carboxylic acids is 1. The van der Waals surface area contributed by atoms with Crippen molar-refractivity contribution in [1.29, 1.82) is 0 Å². The minimum Gasteiger partial charge on any atom is -0.394 e. The lowest BCUT2D eigenvalue weighted by Crippen LogP contribution is -2.60. The topological polar surface area (TPSA) is 149 Å². The molecule has 320 valence electrons. The van der Waals surface area contributed by atoms with Gasteiger partial charge in [-0.3, -0.25) is 4.79 Å². The first-order valence-electron chi connectivity index (χ1n) is 22.9. The molecule has 1 heterocycles. The van der Waals surface area contributed by atoms with Gasteiger partial charge in [0.05, 0.1) is 25.4 Å². The van der Waals surface area contributed by atoms with Gasteiger partial charge in [0.2, 0.25) is 5.91 Å². The van der Waals surface area contributed by atoms with Gasteiger partial charge in [-0.2, -0.15) is 0 Å². The lowest BCUT2D eigenvalue weighted by Gasteiger charge is -2.40. The summed E-state index contributed by atoms with van der Waals surface area (Å²) in [5, 5.41) is 54.1. The fourth-order valence-corrected chi connectivity index (χ4v) is 7.39. The van der Waals surface area contributed by atoms with E-state index in [2.05, 4.69) is 19.2 Å². The molecule has 1 amide bonds. The van der Waals surface area contributed by atoms with E-state index in [1.807, 2.05) is 6.08 Å². The van der Waals surface area contributed by atoms with Gasteiger partial charge >= 0.3 is 0 Å². The molecule has 6 N–H and O–H groups in total. The molecule has 0 saturated carbocycles. The van der Waals surface area contributed by atoms with Crippen molar-refractivity contribution in [2.45, 2.75) is 256 Å². The molecular formula is C45H87NO8. The van der Waals surface area contributed by atoms with Crippen LogP contribution in [0.15, 0.2) is 12.2 Å². The molecule has 54 heavy (non-hydrogen) atoms. The maximum absolute atomic E-state index is 12.9. The lowest BCUT2D eigenvalue weighted by atomic mass is 9.99. The Morgan fingerprint density at radius 3 is 1.44 bits per heavy atom. The first-order chi connectivity index (χ1) is 26.3. The van der Waals surface area contributed by atoms with Crippen molar-refractivity contribution >= 4 is 5.91 Å². The second-order valence-electron chi connectivity index (χ2n) is 16.2. The van der Waals surface area contributed by atoms with Crippen molar-refractivity contribution in [2.75, 3.05) is 13.2 Å². The maximum Gasteiger partial charge on any atom is 0.220 e. The van der Waals surface area contributed by atoms with E-state index in [1.54, 1.807) is 6.08 Å². The highest BCUT2D eigenvalue weighted by Gasteiger charge is 2.44. The smallest absolute Gasteiger partial charge is 0.220 e. The molecule has 0 bridgehead atoms. The highest BCUT2D eigenvalue weighted by Crippen LogP contribution is 2.23. The zero-order chi connectivity index (χ0) is 39.5. The third kappa shape index (κ3) is 26.7. The molecule has 1 saturated heterocycles. The van der Waals surface area contributed by atoms with Crippen molar-refractivity contribution in [3.8, 4) is 0 Å². The Labute approximate surface area is 331 Å². The van der Waals surface area contributed by atoms with Crippen molar-refractivity contribution in [3.05, 3.63) is 12.2 Å². The molecule has 0 aromatic rings. The summed E-state index contributed by atoms with van der Waals surface area (Å²) in [6.45, 7) is 3.78. The monoisotopic (exact) mass is 770 g/mol. The number of nitrogens with one attached hydrogen (secondary N) is 1. The number of hydrogen-bond acceptors (Lipinski definition) is 8. The molecule has 7 atom stereocenters. The molecule has 0 aromatic heterocycles. The minimum atomic E-state index is -1.56. The van der Waals surface area contributed by atoms with Crippen LogP contribution in [0.1, 0.15) is 213 Å². The van der Waals surface area contributed by atoms with Crippen LogP contribution in [0.3, 0.4) is 0 Å². The van der Waals surface area contributed by atoms with Crippen LogP contribution >= 0.6 is 0 Å². The zero-order valence-electron chi connectivity index (χ0n) is 35.0. The Morgan fingerprint density at radius 1 is 0.611 bits per heavy atom. The zero-order valence-corrected chi connectivity index (χ0v) is 35.0. The lowest BCUT2D eigenvalue weighted by molar-refractivity contribution is -0.302. The van der Waals surface area contributed by atoms with Crippen molar-refractivity contribution in [2.24, 2.45) is 0 Å². The number of aliphatic hydroxyl groups is 5. The van der Waals surface area contributed by atoms with Crippen LogP contribution in [0.5, 0.6) is 0 Å². The van der Waals surface area contributed by atoms with E-state index in [-0.39, 0.29) is 12.5 Å². The van der Waals surface area contributed by atoms with E-state index >= 15 is 0 Å². The van der Waals surface area contributed by atoms with Crippen LogP contribution in [-0.4, -0.2) is 87.5 Å². The third-order valence-electron chi connectivity index (χ3n) is 11.1. The average molecular weight is 770 g/mol. The molecule has 9 nitrogen and oxygen atoms in total. The van der Waals surface area contributed by atoms with Crippen LogP contribution in [0.25, 0.3) is 0 Å². The number of rotatable bonds is 38. The van der Waals surface area contributed by atoms with Crippen LogP contribution in [0, 0.1) is 0 Å². The summed E-state index contributed by atoms with van der Waals surface area (Å²) in [5.41, 5.74) is 0. The van der Waals surface area contributed by atoms with Gasteiger partial charge in [0.1, 0.15) is 24.4 Å². The summed E-state index contributed by atoms with van der Waals surface area (Å²) in [7, 11) is 0. The molecule has 7 unspecified atom stereocenters. The molecule has 0 aromatic carbocycles. The fourth-order valence-electron chi connectivity index (χ4n) is 7.39. The average Bonchev–Trinajstić information content (AvgIpc) is 3.17. The van der Waals surface area contributed by atoms with Crippen LogP contribution < -0.4 is 5.32 Å². The number of allylic oxidation sites excluding steroid dienone is 1. The molecule has 1 aliphatic rings. The molecule has 1 rings (SSSR count). The van der Waals surface area contributed by atoms with Crippen LogP contribution in [-0.2, 0) is 14.3 Å². The molecule has 1 aliphatic heterocycles. The van der Waals surface area contributed by atoms with E-state index in [4.69, 9.17) is 9.47 Å². The van der Waals surface area contributed by atoms with Crippen LogP contribution in [0.4, 0.5) is 0 Å². The van der Waals surface area contributed by atoms with Gasteiger partial charge in [0, 0.05) is 6.42 Å². The van der Waals surface area contributed by atoms with Gasteiger partial charge in [0.15, 0.2) is 6.29 Å². The second-order valence-corrected chi connectivity index (χ2v) is 16.2. The molecule has 0 spiro atoms. The highest BCUT2D eigenvalue weighted by atomic mass is 16.7. The summed E-state index contributed by atoms with van der Waals surface area (Å²) < 4.78 is 11.2. The minimum absolute atomic E-state index is 0.175. The summed E-state index contributed by atoms with van der Waals surface area (Å²) in [6, 6.07) is -0.797. The van der Waals surface area contributed by atoms with Crippen molar-refractivity contribution in [1.82, 2.24) is 5.32 Å². The van der Waals surface area contributed by atoms with Gasteiger partial charge in [0.25, 0.3) is 0 Å². The van der Waals surface area contributed by atoms with E-state index in [1.165, 1.54) is 154 Å². The van der Waals surface area contributed by atoms with Gasteiger partial charge in [-0.1, -0.05) is 199 Å². The standard InChI is InChI=1S/C45H87NO8/c1-3-5-7-9-11-13-15-17-18-19-20-21-23-24-26-28-30-32-34-39(48)38(37-53-45-44(52)43(51)42(50)40(36-47)54-45)46-41(49)35-33-31-29-27-25-22-16-14-12-10-8-6-4-2/h32,34,38-40,42-45,47-48,50-52H,3-31,33,35-37H2,1-2H3,(H,46,49)/b34-32+. The molecule has 9 heteroatoms. The van der Waals surface area contributed by atoms with Gasteiger partial charge in [-0.25, -0.2) is 0 Å². The highest BCUT2D eigenvalue weighted by molar-refractivity contribution is 5.76. The van der Waals surface area contributed by atoms with E-state index in [0.29, 0.717) is 6.42 Å². The number of ether oxygens (including phenoxy) is 2. The Bertz CT molecular complexity index is 858. The number of hydrogen-bond donors (Lipinski definition) is 6. The molecule has 0 aliphatic carbocycles. The predicted molar refractivity (Wildman–Crippen MR) is 221 cm³/mol. The number of aliphatic hydroxyl groups excluding tert-OH is 5. The summed E-state index contributed by atoms with van der Waals surface area (Å²) in [5.74, 6) is -0.175. The van der Waals surface area contributed by atoms with Crippen molar-refractivity contribution < 1.29 is 39.8 Å². The Hall–Kier alpha value is -1.07. The third-order valence-corrected chi connectivity index (χ3v) is 11.1. The largest absolute Gasteiger partial charge is 0.394 e. The summed E-state index contributed by atoms with van der Waals surface area (Å²) in [4.78, 5) is 12.9. The normalized spacial score (nSPS) is 21.5. The second kappa shape index (κ2) is 36.3. The Morgan fingerprint density at radius 2 is 1.02 bits per heavy atom. The van der Waals surface area contributed by atoms with Gasteiger partial charge < -0.3 is 40.3 Å². The first kappa shape index (κ1) is 50.9. The maximum atomic E-state index is 12.9. The number of amides is 1. The molecule has 0 radical (unpaired) electrons. The fraction of sp³-hybridized carbons (Fsp3) is 0.933. The quantitative estimate of drug-likeness (QED) is 0.0269. The van der Waals surface area contributed by atoms with E-state index in [0.717, 1.165) is 38.5 Å². The Balaban J connectivity index is 2.35. The molecular weight excluding hydrogens is 682 g/mol. The van der Waals surface area contributed by atoms with Gasteiger partial charge in [-0.15, -0.1) is 0 Å². The summed E-state index contributed by atoms with van der Waals surface area (Å²) in [6.07, 6.45) is 33.9. The molecule has 1 fully saturated rings.